The maximum absolute atomic E-state index is 11.1. The lowest BCUT2D eigenvalue weighted by Crippen LogP contribution is -2.09. The minimum Gasteiger partial charge on any atom is -0.507 e. The van der Waals surface area contributed by atoms with Crippen molar-refractivity contribution in [3.8, 4) is 11.1 Å². The second-order valence-corrected chi connectivity index (χ2v) is 4.51. The van der Waals surface area contributed by atoms with Crippen LogP contribution in [-0.2, 0) is 9.59 Å². The fourth-order valence-corrected chi connectivity index (χ4v) is 2.45. The maximum Gasteiger partial charge on any atom is 0.376 e. The molecule has 0 aliphatic rings. The Hall–Kier alpha value is -2.40. The van der Waals surface area contributed by atoms with Crippen molar-refractivity contribution in [1.82, 2.24) is 0 Å². The van der Waals surface area contributed by atoms with Gasteiger partial charge in [-0.25, -0.2) is 4.79 Å². The van der Waals surface area contributed by atoms with Crippen molar-refractivity contribution in [2.75, 3.05) is 0 Å². The number of thiophene rings is 1. The van der Waals surface area contributed by atoms with E-state index in [1.54, 1.807) is 5.38 Å². The van der Waals surface area contributed by atoms with Crippen LogP contribution in [0, 0.1) is 0 Å². The monoisotopic (exact) mass is 274 g/mol. The zero-order chi connectivity index (χ0) is 13.8. The molecular formula is C14H10O4S. The molecule has 0 amide bonds. The molecule has 0 atom stereocenters. The predicted molar refractivity (Wildman–Crippen MR) is 73.0 cm³/mol. The molecule has 19 heavy (non-hydrogen) atoms. The highest BCUT2D eigenvalue weighted by atomic mass is 32.1. The molecule has 0 saturated heterocycles. The number of carbonyl (C=O) groups excluding carboxylic acids is 1. The topological polar surface area (TPSA) is 74.6 Å². The van der Waals surface area contributed by atoms with Gasteiger partial charge in [0.2, 0.25) is 0 Å². The lowest BCUT2D eigenvalue weighted by Gasteiger charge is -2.03. The quantitative estimate of drug-likeness (QED) is 0.510. The van der Waals surface area contributed by atoms with E-state index in [1.165, 1.54) is 11.3 Å². The largest absolute Gasteiger partial charge is 0.507 e. The number of carbonyl (C=O) groups is 2. The first kappa shape index (κ1) is 13.0. The minimum atomic E-state index is -1.59. The van der Waals surface area contributed by atoms with Gasteiger partial charge in [-0.2, -0.15) is 11.3 Å². The lowest BCUT2D eigenvalue weighted by atomic mass is 10.0. The summed E-state index contributed by atoms with van der Waals surface area (Å²) < 4.78 is 0. The van der Waals surface area contributed by atoms with Crippen molar-refractivity contribution in [2.45, 2.75) is 0 Å². The van der Waals surface area contributed by atoms with Gasteiger partial charge < -0.3 is 10.2 Å². The van der Waals surface area contributed by atoms with Crippen LogP contribution in [0.25, 0.3) is 16.9 Å². The van der Waals surface area contributed by atoms with Gasteiger partial charge in [-0.1, -0.05) is 30.3 Å². The lowest BCUT2D eigenvalue weighted by molar-refractivity contribution is -0.146. The number of ketones is 1. The van der Waals surface area contributed by atoms with Crippen molar-refractivity contribution in [1.29, 1.82) is 0 Å². The van der Waals surface area contributed by atoms with Crippen molar-refractivity contribution in [2.24, 2.45) is 0 Å². The van der Waals surface area contributed by atoms with E-state index in [2.05, 4.69) is 0 Å². The zero-order valence-corrected chi connectivity index (χ0v) is 10.6. The van der Waals surface area contributed by atoms with Gasteiger partial charge in [-0.3, -0.25) is 4.79 Å². The summed E-state index contributed by atoms with van der Waals surface area (Å²) in [6.45, 7) is 0. The summed E-state index contributed by atoms with van der Waals surface area (Å²) in [5.41, 5.74) is 2.10. The Kier molecular flexibility index (Phi) is 3.77. The maximum atomic E-state index is 11.1. The third kappa shape index (κ3) is 2.89. The second kappa shape index (κ2) is 5.49. The first-order chi connectivity index (χ1) is 9.09. The normalized spacial score (nSPS) is 11.3. The molecule has 5 heteroatoms. The summed E-state index contributed by atoms with van der Waals surface area (Å²) in [4.78, 5) is 21.5. The number of aliphatic carboxylic acids is 1. The van der Waals surface area contributed by atoms with Gasteiger partial charge in [-0.05, 0) is 10.9 Å². The first-order valence-electron chi connectivity index (χ1n) is 5.39. The highest BCUT2D eigenvalue weighted by molar-refractivity contribution is 7.08. The third-order valence-corrected chi connectivity index (χ3v) is 3.24. The third-order valence-electron chi connectivity index (χ3n) is 2.50. The minimum absolute atomic E-state index is 0.340. The molecule has 0 radical (unpaired) electrons. The summed E-state index contributed by atoms with van der Waals surface area (Å²) in [7, 11) is 0. The molecule has 0 spiro atoms. The van der Waals surface area contributed by atoms with Gasteiger partial charge in [-0.15, -0.1) is 0 Å². The first-order valence-corrected chi connectivity index (χ1v) is 6.34. The fourth-order valence-electron chi connectivity index (χ4n) is 1.60. The number of rotatable bonds is 4. The van der Waals surface area contributed by atoms with E-state index < -0.39 is 11.8 Å². The van der Waals surface area contributed by atoms with Gasteiger partial charge in [0.15, 0.2) is 0 Å². The Morgan fingerprint density at radius 2 is 1.74 bits per heavy atom. The highest BCUT2D eigenvalue weighted by Gasteiger charge is 2.14. The van der Waals surface area contributed by atoms with Crippen LogP contribution in [0.3, 0.4) is 0 Å². The smallest absolute Gasteiger partial charge is 0.376 e. The Labute approximate surface area is 113 Å². The van der Waals surface area contributed by atoms with Crippen molar-refractivity contribution >= 4 is 28.8 Å². The van der Waals surface area contributed by atoms with Gasteiger partial charge in [0.25, 0.3) is 5.78 Å². The molecule has 0 unspecified atom stereocenters. The molecule has 0 saturated carbocycles. The Bertz CT molecular complexity index is 640. The van der Waals surface area contributed by atoms with Crippen molar-refractivity contribution in [3.05, 3.63) is 52.7 Å². The van der Waals surface area contributed by atoms with E-state index in [-0.39, 0.29) is 5.76 Å². The van der Waals surface area contributed by atoms with Gasteiger partial charge >= 0.3 is 5.97 Å². The molecule has 1 aromatic carbocycles. The molecule has 0 aliphatic heterocycles. The summed E-state index contributed by atoms with van der Waals surface area (Å²) >= 11 is 1.37. The molecule has 2 aromatic rings. The van der Waals surface area contributed by atoms with Crippen molar-refractivity contribution < 1.29 is 19.8 Å². The van der Waals surface area contributed by atoms with Crippen LogP contribution < -0.4 is 0 Å². The van der Waals surface area contributed by atoms with E-state index in [1.807, 2.05) is 35.7 Å². The van der Waals surface area contributed by atoms with Crippen LogP contribution in [0.4, 0.5) is 0 Å². The second-order valence-electron chi connectivity index (χ2n) is 3.76. The average molecular weight is 274 g/mol. The fraction of sp³-hybridized carbons (Fsp3) is 0. The van der Waals surface area contributed by atoms with Crippen LogP contribution in [0.2, 0.25) is 0 Å². The molecule has 1 heterocycles. The molecule has 4 nitrogen and oxygen atoms in total. The molecule has 0 bridgehead atoms. The molecule has 0 aliphatic carbocycles. The average Bonchev–Trinajstić information content (AvgIpc) is 2.88. The van der Waals surface area contributed by atoms with Crippen LogP contribution >= 0.6 is 11.3 Å². The summed E-state index contributed by atoms with van der Waals surface area (Å²) in [6, 6.07) is 9.34. The number of carboxylic acid groups (broad SMARTS) is 1. The van der Waals surface area contributed by atoms with Gasteiger partial charge in [0.1, 0.15) is 5.76 Å². The SMILES string of the molecule is O=C(O)C(=O)C=C(O)c1cscc1-c1ccccc1. The molecule has 1 aromatic heterocycles. The predicted octanol–water partition coefficient (Wildman–Crippen LogP) is 2.97. The Morgan fingerprint density at radius 1 is 1.05 bits per heavy atom. The molecule has 2 N–H and O–H groups in total. The number of aliphatic hydroxyl groups excluding tert-OH is 1. The molecule has 0 fully saturated rings. The number of hydrogen-bond donors (Lipinski definition) is 2. The number of hydrogen-bond acceptors (Lipinski definition) is 4. The molecule has 2 rings (SSSR count). The van der Waals surface area contributed by atoms with Crippen LogP contribution in [0.5, 0.6) is 0 Å². The van der Waals surface area contributed by atoms with Crippen LogP contribution in [0.1, 0.15) is 5.56 Å². The standard InChI is InChI=1S/C14H10O4S/c15-12(6-13(16)14(17)18)11-8-19-7-10(11)9-4-2-1-3-5-9/h1-8,15H,(H,17,18). The summed E-state index contributed by atoms with van der Waals surface area (Å²) in [5.74, 6) is -3.08. The van der Waals surface area contributed by atoms with E-state index >= 15 is 0 Å². The Balaban J connectivity index is 2.40. The van der Waals surface area contributed by atoms with Crippen LogP contribution in [0.15, 0.2) is 47.2 Å². The van der Waals surface area contributed by atoms with Crippen molar-refractivity contribution in [3.63, 3.8) is 0 Å². The zero-order valence-electron chi connectivity index (χ0n) is 9.74. The van der Waals surface area contributed by atoms with E-state index in [0.717, 1.165) is 17.2 Å². The summed E-state index contributed by atoms with van der Waals surface area (Å²) in [5, 5.41) is 21.9. The number of aliphatic hydroxyl groups is 1. The van der Waals surface area contributed by atoms with Gasteiger partial charge in [0, 0.05) is 22.6 Å². The molecule has 96 valence electrons. The van der Waals surface area contributed by atoms with Gasteiger partial charge in [0.05, 0.1) is 0 Å². The van der Waals surface area contributed by atoms with Crippen LogP contribution in [-0.4, -0.2) is 22.0 Å². The molecular weight excluding hydrogens is 264 g/mol. The summed E-state index contributed by atoms with van der Waals surface area (Å²) in [6.07, 6.45) is 0.719. The number of carboxylic acids is 1. The van der Waals surface area contributed by atoms with E-state index in [4.69, 9.17) is 5.11 Å². The van der Waals surface area contributed by atoms with E-state index in [0.29, 0.717) is 5.56 Å². The van der Waals surface area contributed by atoms with E-state index in [9.17, 15) is 14.7 Å². The highest BCUT2D eigenvalue weighted by Crippen LogP contribution is 2.31. The number of benzene rings is 1. The Morgan fingerprint density at radius 3 is 2.37 bits per heavy atom.